The maximum absolute atomic E-state index is 4.72. The summed E-state index contributed by atoms with van der Waals surface area (Å²) in [6.07, 6.45) is 3.00. The zero-order chi connectivity index (χ0) is 15.0. The van der Waals surface area contributed by atoms with E-state index < -0.39 is 0 Å². The Morgan fingerprint density at radius 1 is 1.05 bits per heavy atom. The number of hydrogen-bond donors (Lipinski definition) is 1. The SMILES string of the molecule is CCCNc1nc(CCN(CC)CC)nc(CC)c1C. The van der Waals surface area contributed by atoms with Gasteiger partial charge in [0.15, 0.2) is 0 Å². The van der Waals surface area contributed by atoms with Crippen molar-refractivity contribution >= 4 is 5.82 Å². The molecule has 0 spiro atoms. The van der Waals surface area contributed by atoms with Crippen LogP contribution in [0.1, 0.15) is 51.2 Å². The Balaban J connectivity index is 2.84. The molecule has 0 aliphatic carbocycles. The number of nitrogens with one attached hydrogen (secondary N) is 1. The Bertz CT molecular complexity index is 400. The first-order valence-electron chi connectivity index (χ1n) is 7.98. The molecule has 0 aliphatic rings. The van der Waals surface area contributed by atoms with Crippen LogP contribution in [-0.2, 0) is 12.8 Å². The lowest BCUT2D eigenvalue weighted by Gasteiger charge is -2.18. The topological polar surface area (TPSA) is 41.1 Å². The summed E-state index contributed by atoms with van der Waals surface area (Å²) in [6, 6.07) is 0. The van der Waals surface area contributed by atoms with Gasteiger partial charge >= 0.3 is 0 Å². The number of nitrogens with zero attached hydrogens (tertiary/aromatic N) is 3. The van der Waals surface area contributed by atoms with Crippen LogP contribution in [0.2, 0.25) is 0 Å². The highest BCUT2D eigenvalue weighted by molar-refractivity contribution is 5.45. The fourth-order valence-electron chi connectivity index (χ4n) is 2.28. The zero-order valence-corrected chi connectivity index (χ0v) is 13.8. The summed E-state index contributed by atoms with van der Waals surface area (Å²) in [4.78, 5) is 11.8. The van der Waals surface area contributed by atoms with Gasteiger partial charge in [0.2, 0.25) is 0 Å². The summed E-state index contributed by atoms with van der Waals surface area (Å²) >= 11 is 0. The van der Waals surface area contributed by atoms with Gasteiger partial charge in [0.25, 0.3) is 0 Å². The van der Waals surface area contributed by atoms with E-state index in [1.165, 1.54) is 11.3 Å². The van der Waals surface area contributed by atoms with Crippen LogP contribution < -0.4 is 5.32 Å². The average Bonchev–Trinajstić information content (AvgIpc) is 2.48. The normalized spacial score (nSPS) is 11.1. The summed E-state index contributed by atoms with van der Waals surface area (Å²) in [5.74, 6) is 1.99. The van der Waals surface area contributed by atoms with Crippen molar-refractivity contribution in [3.8, 4) is 0 Å². The van der Waals surface area contributed by atoms with Crippen LogP contribution in [0.25, 0.3) is 0 Å². The number of anilines is 1. The average molecular weight is 278 g/mol. The molecule has 0 unspecified atom stereocenters. The van der Waals surface area contributed by atoms with E-state index in [1.54, 1.807) is 0 Å². The molecule has 0 aromatic carbocycles. The predicted octanol–water partition coefficient (Wildman–Crippen LogP) is 3.05. The summed E-state index contributed by atoms with van der Waals surface area (Å²) in [7, 11) is 0. The van der Waals surface area contributed by atoms with Crippen molar-refractivity contribution in [2.45, 2.75) is 53.9 Å². The molecule has 20 heavy (non-hydrogen) atoms. The minimum absolute atomic E-state index is 0.926. The third kappa shape index (κ3) is 4.75. The van der Waals surface area contributed by atoms with Crippen LogP contribution in [0.5, 0.6) is 0 Å². The Morgan fingerprint density at radius 3 is 2.30 bits per heavy atom. The highest BCUT2D eigenvalue weighted by atomic mass is 15.1. The fourth-order valence-corrected chi connectivity index (χ4v) is 2.28. The van der Waals surface area contributed by atoms with Gasteiger partial charge in [-0.25, -0.2) is 9.97 Å². The molecule has 0 bridgehead atoms. The molecule has 1 heterocycles. The molecule has 1 aromatic rings. The molecule has 0 aliphatic heterocycles. The molecule has 1 rings (SSSR count). The Labute approximate surface area is 124 Å². The highest BCUT2D eigenvalue weighted by Gasteiger charge is 2.10. The van der Waals surface area contributed by atoms with E-state index in [1.807, 2.05) is 0 Å². The van der Waals surface area contributed by atoms with Crippen molar-refractivity contribution in [3.63, 3.8) is 0 Å². The number of rotatable bonds is 9. The van der Waals surface area contributed by atoms with Crippen molar-refractivity contribution in [2.75, 3.05) is 31.5 Å². The van der Waals surface area contributed by atoms with E-state index >= 15 is 0 Å². The van der Waals surface area contributed by atoms with Crippen LogP contribution in [0, 0.1) is 6.92 Å². The number of aromatic nitrogens is 2. The van der Waals surface area contributed by atoms with Gasteiger partial charge in [-0.3, -0.25) is 0 Å². The smallest absolute Gasteiger partial charge is 0.132 e. The number of aryl methyl sites for hydroxylation is 1. The first-order chi connectivity index (χ1) is 9.65. The molecule has 1 N–H and O–H groups in total. The molecule has 114 valence electrons. The van der Waals surface area contributed by atoms with Gasteiger partial charge in [0.05, 0.1) is 0 Å². The Kier molecular flexibility index (Phi) is 7.52. The summed E-state index contributed by atoms with van der Waals surface area (Å²) in [5, 5.41) is 3.43. The molecule has 0 atom stereocenters. The lowest BCUT2D eigenvalue weighted by molar-refractivity contribution is 0.305. The Hall–Kier alpha value is -1.16. The fraction of sp³-hybridized carbons (Fsp3) is 0.750. The third-order valence-electron chi connectivity index (χ3n) is 3.72. The minimum atomic E-state index is 0.926. The Morgan fingerprint density at radius 2 is 1.75 bits per heavy atom. The van der Waals surface area contributed by atoms with E-state index in [2.05, 4.69) is 44.8 Å². The van der Waals surface area contributed by atoms with E-state index in [-0.39, 0.29) is 0 Å². The molecule has 0 amide bonds. The second-order valence-corrected chi connectivity index (χ2v) is 5.12. The minimum Gasteiger partial charge on any atom is -0.370 e. The molecule has 0 saturated carbocycles. The molecule has 1 aromatic heterocycles. The van der Waals surface area contributed by atoms with Crippen molar-refractivity contribution in [3.05, 3.63) is 17.1 Å². The number of likely N-dealkylation sites (N-methyl/N-ethyl adjacent to an activating group) is 1. The highest BCUT2D eigenvalue weighted by Crippen LogP contribution is 2.16. The molecule has 0 fully saturated rings. The summed E-state index contributed by atoms with van der Waals surface area (Å²) in [5.41, 5.74) is 2.38. The van der Waals surface area contributed by atoms with Gasteiger partial charge < -0.3 is 10.2 Å². The van der Waals surface area contributed by atoms with E-state index in [0.717, 1.165) is 57.1 Å². The van der Waals surface area contributed by atoms with Crippen LogP contribution in [-0.4, -0.2) is 41.0 Å². The van der Waals surface area contributed by atoms with Gasteiger partial charge in [0, 0.05) is 30.8 Å². The van der Waals surface area contributed by atoms with Crippen LogP contribution in [0.15, 0.2) is 0 Å². The van der Waals surface area contributed by atoms with E-state index in [0.29, 0.717) is 0 Å². The molecule has 4 heteroatoms. The molecular formula is C16H30N4. The molecular weight excluding hydrogens is 248 g/mol. The maximum atomic E-state index is 4.72. The molecule has 4 nitrogen and oxygen atoms in total. The second-order valence-electron chi connectivity index (χ2n) is 5.12. The van der Waals surface area contributed by atoms with Crippen molar-refractivity contribution < 1.29 is 0 Å². The zero-order valence-electron chi connectivity index (χ0n) is 13.8. The van der Waals surface area contributed by atoms with Gasteiger partial charge in [-0.1, -0.05) is 27.7 Å². The standard InChI is InChI=1S/C16H30N4/c1-6-11-17-16-13(5)14(7-2)18-15(19-16)10-12-20(8-3)9-4/h6-12H2,1-5H3,(H,17,18,19). The monoisotopic (exact) mass is 278 g/mol. The van der Waals surface area contributed by atoms with Gasteiger partial charge in [-0.05, 0) is 32.9 Å². The van der Waals surface area contributed by atoms with E-state index in [4.69, 9.17) is 9.97 Å². The molecule has 0 radical (unpaired) electrons. The van der Waals surface area contributed by atoms with Gasteiger partial charge in [-0.2, -0.15) is 0 Å². The van der Waals surface area contributed by atoms with Crippen LogP contribution in [0.3, 0.4) is 0 Å². The predicted molar refractivity (Wildman–Crippen MR) is 86.4 cm³/mol. The third-order valence-corrected chi connectivity index (χ3v) is 3.72. The van der Waals surface area contributed by atoms with Crippen molar-refractivity contribution in [1.29, 1.82) is 0 Å². The largest absolute Gasteiger partial charge is 0.370 e. The first kappa shape index (κ1) is 16.9. The maximum Gasteiger partial charge on any atom is 0.132 e. The second kappa shape index (κ2) is 8.90. The van der Waals surface area contributed by atoms with Crippen LogP contribution in [0.4, 0.5) is 5.82 Å². The summed E-state index contributed by atoms with van der Waals surface area (Å²) in [6.45, 7) is 15.0. The molecule has 0 saturated heterocycles. The van der Waals surface area contributed by atoms with E-state index in [9.17, 15) is 0 Å². The van der Waals surface area contributed by atoms with Gasteiger partial charge in [0.1, 0.15) is 11.6 Å². The van der Waals surface area contributed by atoms with Gasteiger partial charge in [-0.15, -0.1) is 0 Å². The lowest BCUT2D eigenvalue weighted by atomic mass is 10.2. The lowest BCUT2D eigenvalue weighted by Crippen LogP contribution is -2.26. The summed E-state index contributed by atoms with van der Waals surface area (Å²) < 4.78 is 0. The number of hydrogen-bond acceptors (Lipinski definition) is 4. The van der Waals surface area contributed by atoms with Crippen molar-refractivity contribution in [2.24, 2.45) is 0 Å². The first-order valence-corrected chi connectivity index (χ1v) is 7.98. The quantitative estimate of drug-likeness (QED) is 0.754. The van der Waals surface area contributed by atoms with Crippen molar-refractivity contribution in [1.82, 2.24) is 14.9 Å². The van der Waals surface area contributed by atoms with Crippen LogP contribution >= 0.6 is 0 Å².